The van der Waals surface area contributed by atoms with E-state index >= 15 is 0 Å². The second-order valence-electron chi connectivity index (χ2n) is 5.47. The third kappa shape index (κ3) is 3.27. The standard InChI is InChI=1S/C17H19NO2S/c19-15-6-4-14(5-7-15)16-2-1-10-18(16)17(20)8-3-13-9-11-21-12-13/h4-7,9,11-12,16,19H,1-3,8,10H2/t16-/m1/s1. The largest absolute Gasteiger partial charge is 0.508 e. The highest BCUT2D eigenvalue weighted by atomic mass is 32.1. The maximum absolute atomic E-state index is 12.5. The summed E-state index contributed by atoms with van der Waals surface area (Å²) in [5, 5.41) is 13.5. The van der Waals surface area contributed by atoms with Gasteiger partial charge in [0.2, 0.25) is 5.91 Å². The Bertz CT molecular complexity index is 592. The smallest absolute Gasteiger partial charge is 0.223 e. The molecule has 1 aliphatic heterocycles. The topological polar surface area (TPSA) is 40.5 Å². The fourth-order valence-electron chi connectivity index (χ4n) is 2.94. The van der Waals surface area contributed by atoms with Crippen molar-refractivity contribution in [3.05, 3.63) is 52.2 Å². The molecule has 110 valence electrons. The zero-order chi connectivity index (χ0) is 14.7. The third-order valence-electron chi connectivity index (χ3n) is 4.06. The van der Waals surface area contributed by atoms with E-state index in [4.69, 9.17) is 0 Å². The lowest BCUT2D eigenvalue weighted by atomic mass is 10.0. The van der Waals surface area contributed by atoms with E-state index in [2.05, 4.69) is 16.8 Å². The zero-order valence-electron chi connectivity index (χ0n) is 11.9. The summed E-state index contributed by atoms with van der Waals surface area (Å²) in [6.07, 6.45) is 3.46. The molecule has 1 saturated heterocycles. The number of benzene rings is 1. The Morgan fingerprint density at radius 1 is 1.29 bits per heavy atom. The Labute approximate surface area is 128 Å². The minimum atomic E-state index is 0.167. The van der Waals surface area contributed by atoms with Gasteiger partial charge in [-0.25, -0.2) is 0 Å². The van der Waals surface area contributed by atoms with Gasteiger partial charge in [0.05, 0.1) is 6.04 Å². The fraction of sp³-hybridized carbons (Fsp3) is 0.353. The van der Waals surface area contributed by atoms with Crippen LogP contribution in [0.4, 0.5) is 0 Å². The molecule has 21 heavy (non-hydrogen) atoms. The van der Waals surface area contributed by atoms with Gasteiger partial charge >= 0.3 is 0 Å². The Morgan fingerprint density at radius 3 is 2.81 bits per heavy atom. The van der Waals surface area contributed by atoms with Crippen molar-refractivity contribution in [3.63, 3.8) is 0 Å². The molecule has 0 saturated carbocycles. The molecular formula is C17H19NO2S. The average Bonchev–Trinajstić information content (AvgIpc) is 3.17. The van der Waals surface area contributed by atoms with Crippen LogP contribution in [0.2, 0.25) is 0 Å². The summed E-state index contributed by atoms with van der Waals surface area (Å²) in [6, 6.07) is 9.48. The number of aryl methyl sites for hydroxylation is 1. The molecule has 1 aromatic carbocycles. The molecule has 1 fully saturated rings. The molecule has 0 spiro atoms. The number of likely N-dealkylation sites (tertiary alicyclic amines) is 1. The van der Waals surface area contributed by atoms with E-state index < -0.39 is 0 Å². The van der Waals surface area contributed by atoms with Gasteiger partial charge in [0, 0.05) is 13.0 Å². The lowest BCUT2D eigenvalue weighted by Crippen LogP contribution is -2.30. The maximum atomic E-state index is 12.5. The van der Waals surface area contributed by atoms with Crippen LogP contribution in [0.1, 0.15) is 36.4 Å². The first-order valence-electron chi connectivity index (χ1n) is 7.33. The van der Waals surface area contributed by atoms with Gasteiger partial charge in [-0.1, -0.05) is 12.1 Å². The Morgan fingerprint density at radius 2 is 2.10 bits per heavy atom. The molecule has 3 nitrogen and oxygen atoms in total. The maximum Gasteiger partial charge on any atom is 0.223 e. The first kappa shape index (κ1) is 14.1. The number of thiophene rings is 1. The lowest BCUT2D eigenvalue weighted by Gasteiger charge is -2.25. The molecule has 3 rings (SSSR count). The van der Waals surface area contributed by atoms with Crippen LogP contribution in [0.25, 0.3) is 0 Å². The van der Waals surface area contributed by atoms with Gasteiger partial charge in [-0.15, -0.1) is 0 Å². The molecule has 4 heteroatoms. The number of hydrogen-bond acceptors (Lipinski definition) is 3. The lowest BCUT2D eigenvalue weighted by molar-refractivity contribution is -0.132. The van der Waals surface area contributed by atoms with Crippen LogP contribution in [-0.4, -0.2) is 22.5 Å². The molecular weight excluding hydrogens is 282 g/mol. The second kappa shape index (κ2) is 6.31. The molecule has 0 aliphatic carbocycles. The number of aromatic hydroxyl groups is 1. The van der Waals surface area contributed by atoms with Crippen LogP contribution < -0.4 is 0 Å². The highest BCUT2D eigenvalue weighted by Gasteiger charge is 2.29. The van der Waals surface area contributed by atoms with Crippen molar-refractivity contribution in [1.82, 2.24) is 4.90 Å². The minimum absolute atomic E-state index is 0.167. The van der Waals surface area contributed by atoms with Crippen molar-refractivity contribution in [3.8, 4) is 5.75 Å². The van der Waals surface area contributed by atoms with Gasteiger partial charge in [0.25, 0.3) is 0 Å². The summed E-state index contributed by atoms with van der Waals surface area (Å²) < 4.78 is 0. The van der Waals surface area contributed by atoms with E-state index in [9.17, 15) is 9.90 Å². The quantitative estimate of drug-likeness (QED) is 0.934. The molecule has 2 aromatic rings. The summed E-state index contributed by atoms with van der Waals surface area (Å²) in [7, 11) is 0. The van der Waals surface area contributed by atoms with Crippen molar-refractivity contribution in [2.24, 2.45) is 0 Å². The summed E-state index contributed by atoms with van der Waals surface area (Å²) in [5.41, 5.74) is 2.36. The van der Waals surface area contributed by atoms with Crippen LogP contribution in [0, 0.1) is 0 Å². The van der Waals surface area contributed by atoms with Crippen molar-refractivity contribution in [1.29, 1.82) is 0 Å². The Kier molecular flexibility index (Phi) is 4.25. The number of hydrogen-bond donors (Lipinski definition) is 1. The van der Waals surface area contributed by atoms with E-state index in [-0.39, 0.29) is 17.7 Å². The molecule has 1 atom stereocenters. The van der Waals surface area contributed by atoms with Crippen molar-refractivity contribution in [2.75, 3.05) is 6.54 Å². The van der Waals surface area contributed by atoms with Gasteiger partial charge < -0.3 is 10.0 Å². The molecule has 0 radical (unpaired) electrons. The summed E-state index contributed by atoms with van der Waals surface area (Å²) in [5.74, 6) is 0.504. The first-order chi connectivity index (χ1) is 10.2. The Hall–Kier alpha value is -1.81. The molecule has 1 aliphatic rings. The number of carbonyl (C=O) groups is 1. The van der Waals surface area contributed by atoms with Crippen LogP contribution in [-0.2, 0) is 11.2 Å². The zero-order valence-corrected chi connectivity index (χ0v) is 12.7. The van der Waals surface area contributed by atoms with Gasteiger partial charge in [-0.05, 0) is 59.3 Å². The van der Waals surface area contributed by atoms with Crippen molar-refractivity contribution in [2.45, 2.75) is 31.7 Å². The van der Waals surface area contributed by atoms with Gasteiger partial charge in [-0.2, -0.15) is 11.3 Å². The molecule has 0 unspecified atom stereocenters. The average molecular weight is 301 g/mol. The SMILES string of the molecule is O=C(CCc1ccsc1)N1CCC[C@@H]1c1ccc(O)cc1. The van der Waals surface area contributed by atoms with E-state index in [1.54, 1.807) is 23.5 Å². The predicted molar refractivity (Wildman–Crippen MR) is 84.4 cm³/mol. The molecule has 1 amide bonds. The van der Waals surface area contributed by atoms with Gasteiger partial charge in [0.1, 0.15) is 5.75 Å². The molecule has 0 bridgehead atoms. The second-order valence-corrected chi connectivity index (χ2v) is 6.25. The van der Waals surface area contributed by atoms with E-state index in [0.717, 1.165) is 31.4 Å². The van der Waals surface area contributed by atoms with Crippen molar-refractivity contribution >= 4 is 17.2 Å². The highest BCUT2D eigenvalue weighted by Crippen LogP contribution is 2.33. The minimum Gasteiger partial charge on any atom is -0.508 e. The van der Waals surface area contributed by atoms with Crippen LogP contribution in [0.15, 0.2) is 41.1 Å². The number of phenolic OH excluding ortho intramolecular Hbond substituents is 1. The normalized spacial score (nSPS) is 18.1. The number of rotatable bonds is 4. The molecule has 1 N–H and O–H groups in total. The summed E-state index contributed by atoms with van der Waals surface area (Å²) in [4.78, 5) is 14.5. The van der Waals surface area contributed by atoms with Gasteiger partial charge in [0.15, 0.2) is 0 Å². The Balaban J connectivity index is 1.65. The number of carbonyl (C=O) groups excluding carboxylic acids is 1. The van der Waals surface area contributed by atoms with Crippen LogP contribution >= 0.6 is 11.3 Å². The van der Waals surface area contributed by atoms with E-state index in [0.29, 0.717) is 6.42 Å². The number of nitrogens with zero attached hydrogens (tertiary/aromatic N) is 1. The number of amides is 1. The van der Waals surface area contributed by atoms with E-state index in [1.807, 2.05) is 17.0 Å². The van der Waals surface area contributed by atoms with Crippen LogP contribution in [0.3, 0.4) is 0 Å². The highest BCUT2D eigenvalue weighted by molar-refractivity contribution is 7.07. The van der Waals surface area contributed by atoms with Crippen LogP contribution in [0.5, 0.6) is 5.75 Å². The molecule has 2 heterocycles. The first-order valence-corrected chi connectivity index (χ1v) is 8.28. The summed E-state index contributed by atoms with van der Waals surface area (Å²) in [6.45, 7) is 0.841. The molecule has 1 aromatic heterocycles. The monoisotopic (exact) mass is 301 g/mol. The summed E-state index contributed by atoms with van der Waals surface area (Å²) >= 11 is 1.67. The van der Waals surface area contributed by atoms with Crippen molar-refractivity contribution < 1.29 is 9.90 Å². The van der Waals surface area contributed by atoms with Gasteiger partial charge in [-0.3, -0.25) is 4.79 Å². The fourth-order valence-corrected chi connectivity index (χ4v) is 3.64. The van der Waals surface area contributed by atoms with E-state index in [1.165, 1.54) is 5.56 Å². The third-order valence-corrected chi connectivity index (χ3v) is 4.79. The predicted octanol–water partition coefficient (Wildman–Crippen LogP) is 3.75. The number of phenols is 1.